The van der Waals surface area contributed by atoms with E-state index in [2.05, 4.69) is 9.97 Å². The molecule has 0 spiro atoms. The highest BCUT2D eigenvalue weighted by Gasteiger charge is 2.20. The van der Waals surface area contributed by atoms with Crippen LogP contribution < -0.4 is 18.9 Å². The molecule has 9 rings (SSSR count). The summed E-state index contributed by atoms with van der Waals surface area (Å²) in [6.07, 6.45) is 7.62. The van der Waals surface area contributed by atoms with E-state index in [4.69, 9.17) is 28.9 Å². The van der Waals surface area contributed by atoms with E-state index in [0.717, 1.165) is 22.3 Å². The molecule has 5 heterocycles. The Labute approximate surface area is 385 Å². The van der Waals surface area contributed by atoms with E-state index in [1.165, 1.54) is 0 Å². The normalized spacial score (nSPS) is 11.5. The van der Waals surface area contributed by atoms with Crippen LogP contribution in [-0.2, 0) is 19.2 Å². The first-order valence-electron chi connectivity index (χ1n) is 20.9. The van der Waals surface area contributed by atoms with Gasteiger partial charge in [-0.2, -0.15) is 0 Å². The summed E-state index contributed by atoms with van der Waals surface area (Å²) >= 11 is 0. The monoisotopic (exact) mass is 910 g/mol. The minimum absolute atomic E-state index is 0.366. The van der Waals surface area contributed by atoms with Crippen molar-refractivity contribution in [3.63, 3.8) is 0 Å². The van der Waals surface area contributed by atoms with Gasteiger partial charge in [0, 0.05) is 44.3 Å². The maximum absolute atomic E-state index is 11.3. The topological polar surface area (TPSA) is 243 Å². The molecule has 7 aromatic rings. The number of hydrogen-bond acceptors (Lipinski definition) is 10. The van der Waals surface area contributed by atoms with E-state index in [-0.39, 0.29) is 0 Å². The molecule has 0 fully saturated rings. The van der Waals surface area contributed by atoms with Crippen LogP contribution in [0.1, 0.15) is 22.8 Å². The molecule has 0 atom stereocenters. The summed E-state index contributed by atoms with van der Waals surface area (Å²) in [6, 6.07) is 35.9. The number of benzene rings is 4. The van der Waals surface area contributed by atoms with Gasteiger partial charge in [0.2, 0.25) is 0 Å². The highest BCUT2D eigenvalue weighted by molar-refractivity contribution is 6.00. The van der Waals surface area contributed by atoms with Gasteiger partial charge in [0.25, 0.3) is 0 Å². The van der Waals surface area contributed by atoms with Gasteiger partial charge in [0.1, 0.15) is 23.0 Å². The molecule has 0 radical (unpaired) electrons. The third-order valence-corrected chi connectivity index (χ3v) is 10.8. The Morgan fingerprint density at radius 2 is 0.544 bits per heavy atom. The molecule has 0 saturated carbocycles. The fraction of sp³-hybridized carbons (Fsp3) is 0.0769. The maximum atomic E-state index is 11.3. The van der Waals surface area contributed by atoms with Gasteiger partial charge in [-0.3, -0.25) is 0 Å². The van der Waals surface area contributed by atoms with Crippen LogP contribution in [0.4, 0.5) is 0 Å². The second-order valence-electron chi connectivity index (χ2n) is 15.3. The van der Waals surface area contributed by atoms with Crippen molar-refractivity contribution >= 4 is 70.2 Å². The minimum atomic E-state index is -1.11. The number of aromatic nitrogens is 4. The molecule has 0 unspecified atom stereocenters. The van der Waals surface area contributed by atoms with Crippen LogP contribution >= 0.6 is 0 Å². The summed E-state index contributed by atoms with van der Waals surface area (Å²) < 4.78 is 21.8. The van der Waals surface area contributed by atoms with Gasteiger partial charge >= 0.3 is 23.9 Å². The molecule has 4 aromatic carbocycles. The zero-order chi connectivity index (χ0) is 47.3. The van der Waals surface area contributed by atoms with Crippen LogP contribution in [0.3, 0.4) is 0 Å². The van der Waals surface area contributed by atoms with Crippen molar-refractivity contribution in [2.24, 2.45) is 0 Å². The Hall–Kier alpha value is -9.44. The Kier molecular flexibility index (Phi) is 12.2. The van der Waals surface area contributed by atoms with E-state index in [1.807, 2.05) is 97.1 Å². The van der Waals surface area contributed by atoms with E-state index in [0.29, 0.717) is 90.1 Å². The molecular formula is C52H38N4O12. The van der Waals surface area contributed by atoms with Crippen molar-refractivity contribution < 1.29 is 58.6 Å². The molecule has 0 saturated heterocycles. The molecule has 6 N–H and O–H groups in total. The lowest BCUT2D eigenvalue weighted by atomic mass is 10.0. The number of fused-ring (bicyclic) bond motifs is 8. The number of nitrogens with one attached hydrogen (secondary N) is 2. The van der Waals surface area contributed by atoms with E-state index < -0.39 is 50.3 Å². The Morgan fingerprint density at radius 1 is 0.338 bits per heavy atom. The summed E-state index contributed by atoms with van der Waals surface area (Å²) in [5.74, 6) is -2.96. The van der Waals surface area contributed by atoms with Crippen molar-refractivity contribution in [2.75, 3.05) is 26.4 Å². The van der Waals surface area contributed by atoms with Gasteiger partial charge in [-0.05, 0) is 119 Å². The van der Waals surface area contributed by atoms with E-state index >= 15 is 0 Å². The largest absolute Gasteiger partial charge is 0.482 e. The van der Waals surface area contributed by atoms with Gasteiger partial charge < -0.3 is 49.3 Å². The summed E-state index contributed by atoms with van der Waals surface area (Å²) in [5, 5.41) is 36.9. The fourth-order valence-corrected chi connectivity index (χ4v) is 7.87. The molecule has 2 aliphatic heterocycles. The van der Waals surface area contributed by atoms with Crippen LogP contribution in [-0.4, -0.2) is 90.7 Å². The first-order valence-corrected chi connectivity index (χ1v) is 20.9. The predicted octanol–water partition coefficient (Wildman–Crippen LogP) is 9.18. The van der Waals surface area contributed by atoms with Crippen LogP contribution in [0.5, 0.6) is 23.0 Å². The molecule has 3 aromatic heterocycles. The van der Waals surface area contributed by atoms with Gasteiger partial charge in [-0.25, -0.2) is 29.1 Å². The van der Waals surface area contributed by atoms with E-state index in [9.17, 15) is 39.6 Å². The summed E-state index contributed by atoms with van der Waals surface area (Å²) in [5.41, 5.74) is 10.9. The van der Waals surface area contributed by atoms with E-state index in [1.54, 1.807) is 48.5 Å². The third-order valence-electron chi connectivity index (χ3n) is 10.8. The highest BCUT2D eigenvalue weighted by Crippen LogP contribution is 2.39. The lowest BCUT2D eigenvalue weighted by Crippen LogP contribution is -2.09. The molecule has 0 amide bonds. The van der Waals surface area contributed by atoms with Crippen molar-refractivity contribution in [3.05, 3.63) is 144 Å². The number of carbonyl (C=O) groups is 4. The molecule has 2 aliphatic rings. The van der Waals surface area contributed by atoms with Crippen LogP contribution in [0, 0.1) is 0 Å². The molecule has 0 aliphatic carbocycles. The molecule has 338 valence electrons. The van der Waals surface area contributed by atoms with Crippen LogP contribution in [0.25, 0.3) is 90.9 Å². The smallest absolute Gasteiger partial charge is 0.341 e. The fourth-order valence-electron chi connectivity index (χ4n) is 7.87. The van der Waals surface area contributed by atoms with Crippen molar-refractivity contribution in [1.29, 1.82) is 0 Å². The maximum Gasteiger partial charge on any atom is 0.341 e. The van der Waals surface area contributed by atoms with Crippen molar-refractivity contribution in [2.45, 2.75) is 0 Å². The van der Waals surface area contributed by atoms with Gasteiger partial charge in [0.05, 0.1) is 22.8 Å². The second kappa shape index (κ2) is 19.0. The van der Waals surface area contributed by atoms with Gasteiger partial charge in [-0.1, -0.05) is 48.5 Å². The highest BCUT2D eigenvalue weighted by atomic mass is 16.5. The SMILES string of the molecule is O=C(O)COc1ccc(-c2c3nc(c(-c4ccc(OCC(=O)O)cc4)c4ccc([nH]4)c(-c4ccc(OCC(=O)O)cc4)c4nc(c(-c5ccc(OCC(=O)O)cc5)c5ccc2[nH]5)C=C4)C=C3)cc1. The number of carboxylic acid groups (broad SMARTS) is 4. The zero-order valence-corrected chi connectivity index (χ0v) is 35.6. The molecule has 68 heavy (non-hydrogen) atoms. The summed E-state index contributed by atoms with van der Waals surface area (Å²) in [6.45, 7) is -2.03. The minimum Gasteiger partial charge on any atom is -0.482 e. The number of nitrogens with zero attached hydrogens (tertiary/aromatic N) is 2. The lowest BCUT2D eigenvalue weighted by molar-refractivity contribution is -0.140. The number of aromatic amines is 2. The quantitative estimate of drug-likeness (QED) is 0.0530. The molecule has 16 heteroatoms. The van der Waals surface area contributed by atoms with Crippen LogP contribution in [0.2, 0.25) is 0 Å². The van der Waals surface area contributed by atoms with Gasteiger partial charge in [-0.15, -0.1) is 0 Å². The number of rotatable bonds is 16. The molecular weight excluding hydrogens is 873 g/mol. The van der Waals surface area contributed by atoms with Gasteiger partial charge in [0.15, 0.2) is 26.4 Å². The predicted molar refractivity (Wildman–Crippen MR) is 253 cm³/mol. The number of carboxylic acids is 4. The zero-order valence-electron chi connectivity index (χ0n) is 35.6. The standard InChI is InChI=1S/C52H38N4O12/c57-45(58)25-65-33-9-1-29(2-10-33)49-37-17-19-39(53-37)50(30-3-11-34(12-4-30)66-26-46(59)60)41-21-23-43(55-41)52(32-7-15-36(16-8-32)68-28-48(63)64)44-24-22-42(56-44)51(40-20-18-38(49)54-40)31-5-13-35(14-6-31)67-27-47(61)62/h1-24,53,56H,25-28H2,(H,57,58)(H,59,60)(H,61,62)(H,63,64). The van der Waals surface area contributed by atoms with Crippen molar-refractivity contribution in [3.8, 4) is 67.5 Å². The average molecular weight is 911 g/mol. The number of ether oxygens (including phenoxy) is 4. The number of hydrogen-bond donors (Lipinski definition) is 6. The lowest BCUT2D eigenvalue weighted by Gasteiger charge is -2.09. The number of H-pyrrole nitrogens is 2. The Morgan fingerprint density at radius 3 is 0.735 bits per heavy atom. The Balaban J connectivity index is 1.34. The first-order chi connectivity index (χ1) is 32.9. The summed E-state index contributed by atoms with van der Waals surface area (Å²) in [7, 11) is 0. The second-order valence-corrected chi connectivity index (χ2v) is 15.3. The van der Waals surface area contributed by atoms with Crippen molar-refractivity contribution in [1.82, 2.24) is 19.9 Å². The summed E-state index contributed by atoms with van der Waals surface area (Å²) in [4.78, 5) is 62.9. The number of aliphatic carboxylic acids is 4. The first kappa shape index (κ1) is 43.8. The average Bonchev–Trinajstić information content (AvgIpc) is 4.19. The van der Waals surface area contributed by atoms with Crippen LogP contribution in [0.15, 0.2) is 121 Å². The molecule has 8 bridgehead atoms. The molecule has 16 nitrogen and oxygen atoms in total. The Bertz CT molecular complexity index is 2900. The third kappa shape index (κ3) is 9.64.